The maximum Gasteiger partial charge on any atom is 0.242 e. The van der Waals surface area contributed by atoms with Crippen LogP contribution in [0.1, 0.15) is 34.1 Å². The molecule has 0 N–H and O–H groups in total. The van der Waals surface area contributed by atoms with Gasteiger partial charge in [-0.05, 0) is 30.6 Å². The molecular weight excluding hydrogens is 292 g/mol. The lowest BCUT2D eigenvalue weighted by atomic mass is 9.85. The van der Waals surface area contributed by atoms with E-state index in [2.05, 4.69) is 32.9 Å². The summed E-state index contributed by atoms with van der Waals surface area (Å²) in [5, 5.41) is 0. The molecule has 3 rings (SSSR count). The first kappa shape index (κ1) is 16.2. The molecule has 0 aromatic carbocycles. The summed E-state index contributed by atoms with van der Waals surface area (Å²) in [4.78, 5) is 40.6. The molecule has 0 aromatic rings. The fraction of sp³-hybridized carbons (Fsp3) is 0.722. The SMILES string of the molecule is C[C@H](N(C)C(=O)CN1C(=O)[C@@H]2[C@H](C1=O)[C@H]1C=C[C@H]2C1)C(C)(C)C. The smallest absolute Gasteiger partial charge is 0.242 e. The Balaban J connectivity index is 1.71. The Morgan fingerprint density at radius 2 is 1.70 bits per heavy atom. The van der Waals surface area contributed by atoms with Gasteiger partial charge in [-0.3, -0.25) is 19.3 Å². The third-order valence-corrected chi connectivity index (χ3v) is 6.08. The van der Waals surface area contributed by atoms with Gasteiger partial charge in [0.25, 0.3) is 0 Å². The van der Waals surface area contributed by atoms with Crippen LogP contribution in [-0.4, -0.2) is 47.2 Å². The van der Waals surface area contributed by atoms with E-state index in [0.717, 1.165) is 6.42 Å². The van der Waals surface area contributed by atoms with Crippen LogP contribution in [0.4, 0.5) is 0 Å². The number of hydrogen-bond donors (Lipinski definition) is 0. The van der Waals surface area contributed by atoms with Gasteiger partial charge < -0.3 is 4.90 Å². The van der Waals surface area contributed by atoms with Crippen molar-refractivity contribution >= 4 is 17.7 Å². The van der Waals surface area contributed by atoms with Gasteiger partial charge in [-0.15, -0.1) is 0 Å². The van der Waals surface area contributed by atoms with Crippen LogP contribution in [0.15, 0.2) is 12.2 Å². The topological polar surface area (TPSA) is 57.7 Å². The van der Waals surface area contributed by atoms with Crippen molar-refractivity contribution in [1.29, 1.82) is 0 Å². The average molecular weight is 318 g/mol. The summed E-state index contributed by atoms with van der Waals surface area (Å²) < 4.78 is 0. The van der Waals surface area contributed by atoms with Crippen LogP contribution in [0.25, 0.3) is 0 Å². The molecule has 0 radical (unpaired) electrons. The zero-order chi connectivity index (χ0) is 17.1. The number of likely N-dealkylation sites (N-methyl/N-ethyl adjacent to an activating group) is 1. The number of allylic oxidation sites excluding steroid dienone is 2. The monoisotopic (exact) mass is 318 g/mol. The molecule has 5 heteroatoms. The fourth-order valence-electron chi connectivity index (χ4n) is 4.16. The van der Waals surface area contributed by atoms with Gasteiger partial charge in [0.05, 0.1) is 11.8 Å². The van der Waals surface area contributed by atoms with Crippen molar-refractivity contribution in [3.8, 4) is 0 Å². The lowest BCUT2D eigenvalue weighted by molar-refractivity contribution is -0.148. The van der Waals surface area contributed by atoms with E-state index in [1.807, 2.05) is 6.92 Å². The summed E-state index contributed by atoms with van der Waals surface area (Å²) in [5.74, 6) is -0.551. The number of rotatable bonds is 3. The fourth-order valence-corrected chi connectivity index (χ4v) is 4.16. The van der Waals surface area contributed by atoms with E-state index in [0.29, 0.717) is 0 Å². The van der Waals surface area contributed by atoms with Crippen molar-refractivity contribution < 1.29 is 14.4 Å². The van der Waals surface area contributed by atoms with Gasteiger partial charge in [-0.25, -0.2) is 0 Å². The Hall–Kier alpha value is -1.65. The van der Waals surface area contributed by atoms with Crippen molar-refractivity contribution in [2.24, 2.45) is 29.1 Å². The van der Waals surface area contributed by atoms with Gasteiger partial charge in [-0.1, -0.05) is 32.9 Å². The number of hydrogen-bond acceptors (Lipinski definition) is 3. The van der Waals surface area contributed by atoms with E-state index in [9.17, 15) is 14.4 Å². The highest BCUT2D eigenvalue weighted by Crippen LogP contribution is 2.52. The molecule has 1 saturated heterocycles. The van der Waals surface area contributed by atoms with Crippen molar-refractivity contribution in [2.75, 3.05) is 13.6 Å². The highest BCUT2D eigenvalue weighted by molar-refractivity contribution is 6.08. The number of imide groups is 1. The maximum atomic E-state index is 12.6. The summed E-state index contributed by atoms with van der Waals surface area (Å²) >= 11 is 0. The molecular formula is C18H26N2O3. The first-order valence-electron chi connectivity index (χ1n) is 8.42. The summed E-state index contributed by atoms with van der Waals surface area (Å²) in [6, 6.07) is 0.0279. The molecule has 1 saturated carbocycles. The van der Waals surface area contributed by atoms with Gasteiger partial charge in [0.2, 0.25) is 17.7 Å². The minimum atomic E-state index is -0.226. The molecule has 5 nitrogen and oxygen atoms in total. The zero-order valence-electron chi connectivity index (χ0n) is 14.6. The molecule has 0 unspecified atom stereocenters. The van der Waals surface area contributed by atoms with Gasteiger partial charge in [0.15, 0.2) is 0 Å². The van der Waals surface area contributed by atoms with Crippen LogP contribution in [0, 0.1) is 29.1 Å². The van der Waals surface area contributed by atoms with Crippen LogP contribution in [0.2, 0.25) is 0 Å². The number of nitrogens with zero attached hydrogens (tertiary/aromatic N) is 2. The van der Waals surface area contributed by atoms with Crippen molar-refractivity contribution in [1.82, 2.24) is 9.80 Å². The molecule has 2 fully saturated rings. The highest BCUT2D eigenvalue weighted by atomic mass is 16.2. The lowest BCUT2D eigenvalue weighted by Gasteiger charge is -2.36. The van der Waals surface area contributed by atoms with Crippen molar-refractivity contribution in [3.05, 3.63) is 12.2 Å². The molecule has 1 heterocycles. The number of likely N-dealkylation sites (tertiary alicyclic amines) is 1. The second kappa shape index (κ2) is 5.18. The van der Waals surface area contributed by atoms with Crippen molar-refractivity contribution in [2.45, 2.75) is 40.2 Å². The van der Waals surface area contributed by atoms with Crippen molar-refractivity contribution in [3.63, 3.8) is 0 Å². The average Bonchev–Trinajstić information content (AvgIpc) is 3.14. The second-order valence-corrected chi connectivity index (χ2v) is 8.31. The molecule has 1 aliphatic heterocycles. The van der Waals surface area contributed by atoms with Crippen LogP contribution in [0.3, 0.4) is 0 Å². The normalized spacial score (nSPS) is 33.3. The Bertz CT molecular complexity index is 560. The Kier molecular flexibility index (Phi) is 3.65. The van der Waals surface area contributed by atoms with E-state index >= 15 is 0 Å². The van der Waals surface area contributed by atoms with E-state index < -0.39 is 0 Å². The number of amides is 3. The summed E-state index contributed by atoms with van der Waals surface area (Å²) in [6.45, 7) is 8.08. The van der Waals surface area contributed by atoms with Gasteiger partial charge in [0.1, 0.15) is 6.54 Å². The van der Waals surface area contributed by atoms with E-state index in [1.54, 1.807) is 11.9 Å². The third kappa shape index (κ3) is 2.41. The number of carbonyl (C=O) groups excluding carboxylic acids is 3. The highest BCUT2D eigenvalue weighted by Gasteiger charge is 2.59. The first-order valence-corrected chi connectivity index (χ1v) is 8.42. The number of fused-ring (bicyclic) bond motifs is 5. The summed E-state index contributed by atoms with van der Waals surface area (Å²) in [6.07, 6.45) is 5.04. The summed E-state index contributed by atoms with van der Waals surface area (Å²) in [7, 11) is 1.75. The molecule has 2 aliphatic carbocycles. The predicted molar refractivity (Wildman–Crippen MR) is 86.1 cm³/mol. The Morgan fingerprint density at radius 1 is 1.22 bits per heavy atom. The molecule has 2 bridgehead atoms. The minimum Gasteiger partial charge on any atom is -0.341 e. The van der Waals surface area contributed by atoms with Crippen LogP contribution < -0.4 is 0 Å². The largest absolute Gasteiger partial charge is 0.341 e. The lowest BCUT2D eigenvalue weighted by Crippen LogP contribution is -2.48. The molecule has 0 spiro atoms. The van der Waals surface area contributed by atoms with Crippen LogP contribution >= 0.6 is 0 Å². The molecule has 3 aliphatic rings. The quantitative estimate of drug-likeness (QED) is 0.588. The molecule has 23 heavy (non-hydrogen) atoms. The van der Waals surface area contributed by atoms with Gasteiger partial charge >= 0.3 is 0 Å². The van der Waals surface area contributed by atoms with E-state index in [1.165, 1.54) is 4.90 Å². The Labute approximate surface area is 137 Å². The van der Waals surface area contributed by atoms with E-state index in [4.69, 9.17) is 0 Å². The van der Waals surface area contributed by atoms with E-state index in [-0.39, 0.29) is 59.4 Å². The standard InChI is InChI=1S/C18H26N2O3/c1-10(18(2,3)4)19(5)13(21)9-20-16(22)14-11-6-7-12(8-11)15(14)17(20)23/h6-7,10-12,14-15H,8-9H2,1-5H3/t10-,11-,12-,14-,15+/m0/s1. The minimum absolute atomic E-state index is 0.0279. The molecule has 5 atom stereocenters. The van der Waals surface area contributed by atoms with Crippen LogP contribution in [-0.2, 0) is 14.4 Å². The Morgan fingerprint density at radius 3 is 2.13 bits per heavy atom. The molecule has 0 aromatic heterocycles. The zero-order valence-corrected chi connectivity index (χ0v) is 14.6. The van der Waals surface area contributed by atoms with Crippen LogP contribution in [0.5, 0.6) is 0 Å². The predicted octanol–water partition coefficient (Wildman–Crippen LogP) is 1.69. The van der Waals surface area contributed by atoms with Gasteiger partial charge in [-0.2, -0.15) is 0 Å². The summed E-state index contributed by atoms with van der Waals surface area (Å²) in [5.41, 5.74) is -0.0526. The first-order chi connectivity index (χ1) is 10.6. The number of carbonyl (C=O) groups is 3. The maximum absolute atomic E-state index is 12.6. The molecule has 3 amide bonds. The van der Waals surface area contributed by atoms with Gasteiger partial charge in [0, 0.05) is 13.1 Å². The third-order valence-electron chi connectivity index (χ3n) is 6.08. The molecule has 126 valence electrons. The second-order valence-electron chi connectivity index (χ2n) is 8.31.